The maximum Gasteiger partial charge on any atom is 0.147 e. The van der Waals surface area contributed by atoms with Crippen molar-refractivity contribution in [2.75, 3.05) is 0 Å². The Bertz CT molecular complexity index is 530. The molecule has 1 aromatic heterocycles. The van der Waals surface area contributed by atoms with Gasteiger partial charge in [0.1, 0.15) is 17.5 Å². The van der Waals surface area contributed by atoms with Crippen molar-refractivity contribution in [2.24, 2.45) is 5.73 Å². The quantitative estimate of drug-likeness (QED) is 0.903. The summed E-state index contributed by atoms with van der Waals surface area (Å²) in [5.74, 6) is 1.26. The number of nitrogens with zero attached hydrogens (tertiary/aromatic N) is 3. The number of aryl methyl sites for hydroxylation is 2. The van der Waals surface area contributed by atoms with Crippen LogP contribution in [-0.2, 0) is 0 Å². The predicted molar refractivity (Wildman–Crippen MR) is 67.7 cm³/mol. The van der Waals surface area contributed by atoms with Gasteiger partial charge in [0.2, 0.25) is 0 Å². The molecule has 18 heavy (non-hydrogen) atoms. The lowest BCUT2D eigenvalue weighted by Gasteiger charge is -2.22. The maximum absolute atomic E-state index is 13.0. The summed E-state index contributed by atoms with van der Waals surface area (Å²) in [5.41, 5.74) is 6.96. The molecule has 0 aliphatic carbocycles. The molecule has 4 nitrogen and oxygen atoms in total. The number of hydrogen-bond donors (Lipinski definition) is 1. The zero-order chi connectivity index (χ0) is 13.3. The highest BCUT2D eigenvalue weighted by Crippen LogP contribution is 2.22. The zero-order valence-corrected chi connectivity index (χ0v) is 10.8. The van der Waals surface area contributed by atoms with Crippen LogP contribution in [0.3, 0.4) is 0 Å². The van der Waals surface area contributed by atoms with Crippen LogP contribution in [0.1, 0.15) is 30.2 Å². The second-order valence-electron chi connectivity index (χ2n) is 4.51. The number of benzene rings is 1. The summed E-state index contributed by atoms with van der Waals surface area (Å²) in [7, 11) is 0. The van der Waals surface area contributed by atoms with Crippen LogP contribution in [0.25, 0.3) is 0 Å². The van der Waals surface area contributed by atoms with Gasteiger partial charge < -0.3 is 5.73 Å². The molecular weight excluding hydrogens is 231 g/mol. The Morgan fingerprint density at radius 3 is 2.28 bits per heavy atom. The molecule has 1 aromatic carbocycles. The van der Waals surface area contributed by atoms with Crippen LogP contribution >= 0.6 is 0 Å². The van der Waals surface area contributed by atoms with E-state index in [-0.39, 0.29) is 17.9 Å². The number of nitrogens with two attached hydrogens (primary N) is 1. The van der Waals surface area contributed by atoms with Gasteiger partial charge in [-0.1, -0.05) is 12.1 Å². The molecule has 2 aromatic rings. The fourth-order valence-electron chi connectivity index (χ4n) is 2.13. The van der Waals surface area contributed by atoms with Crippen LogP contribution in [0.5, 0.6) is 0 Å². The maximum atomic E-state index is 13.0. The SMILES string of the molecule is Cc1nc(C)n(C(c2ccc(F)cc2)C(C)N)n1. The summed E-state index contributed by atoms with van der Waals surface area (Å²) in [5, 5.41) is 4.36. The molecule has 0 radical (unpaired) electrons. The van der Waals surface area contributed by atoms with Gasteiger partial charge in [-0.3, -0.25) is 0 Å². The van der Waals surface area contributed by atoms with Crippen LogP contribution in [0.15, 0.2) is 24.3 Å². The monoisotopic (exact) mass is 248 g/mol. The van der Waals surface area contributed by atoms with Gasteiger partial charge in [0, 0.05) is 6.04 Å². The summed E-state index contributed by atoms with van der Waals surface area (Å²) in [6.07, 6.45) is 0. The normalized spacial score (nSPS) is 14.5. The molecule has 0 aliphatic heterocycles. The van der Waals surface area contributed by atoms with Crippen molar-refractivity contribution in [3.63, 3.8) is 0 Å². The highest BCUT2D eigenvalue weighted by atomic mass is 19.1. The Labute approximate surface area is 106 Å². The lowest BCUT2D eigenvalue weighted by atomic mass is 10.0. The van der Waals surface area contributed by atoms with E-state index < -0.39 is 0 Å². The van der Waals surface area contributed by atoms with Gasteiger partial charge in [-0.25, -0.2) is 14.1 Å². The smallest absolute Gasteiger partial charge is 0.147 e. The third kappa shape index (κ3) is 2.41. The largest absolute Gasteiger partial charge is 0.326 e. The van der Waals surface area contributed by atoms with Crippen LogP contribution in [0.2, 0.25) is 0 Å². The summed E-state index contributed by atoms with van der Waals surface area (Å²) in [6, 6.07) is 6.06. The molecule has 1 heterocycles. The molecule has 96 valence electrons. The highest BCUT2D eigenvalue weighted by Gasteiger charge is 2.21. The molecule has 0 amide bonds. The fraction of sp³-hybridized carbons (Fsp3) is 0.385. The molecule has 0 bridgehead atoms. The highest BCUT2D eigenvalue weighted by molar-refractivity contribution is 5.22. The van der Waals surface area contributed by atoms with E-state index >= 15 is 0 Å². The van der Waals surface area contributed by atoms with Crippen LogP contribution in [0.4, 0.5) is 4.39 Å². The Hall–Kier alpha value is -1.75. The first-order valence-electron chi connectivity index (χ1n) is 5.90. The zero-order valence-electron chi connectivity index (χ0n) is 10.8. The Kier molecular flexibility index (Phi) is 3.43. The van der Waals surface area contributed by atoms with E-state index in [1.165, 1.54) is 12.1 Å². The molecule has 2 N–H and O–H groups in total. The fourth-order valence-corrected chi connectivity index (χ4v) is 2.13. The second-order valence-corrected chi connectivity index (χ2v) is 4.51. The van der Waals surface area contributed by atoms with Crippen molar-refractivity contribution in [1.29, 1.82) is 0 Å². The van der Waals surface area contributed by atoms with Crippen molar-refractivity contribution in [1.82, 2.24) is 14.8 Å². The van der Waals surface area contributed by atoms with Gasteiger partial charge in [-0.05, 0) is 38.5 Å². The minimum absolute atomic E-state index is 0.133. The topological polar surface area (TPSA) is 56.7 Å². The number of rotatable bonds is 3. The van der Waals surface area contributed by atoms with E-state index in [9.17, 15) is 4.39 Å². The molecular formula is C13H17FN4. The summed E-state index contributed by atoms with van der Waals surface area (Å²) in [4.78, 5) is 4.28. The summed E-state index contributed by atoms with van der Waals surface area (Å²) >= 11 is 0. The van der Waals surface area contributed by atoms with Crippen molar-refractivity contribution in [3.8, 4) is 0 Å². The van der Waals surface area contributed by atoms with E-state index in [0.29, 0.717) is 5.82 Å². The Morgan fingerprint density at radius 1 is 1.22 bits per heavy atom. The Balaban J connectivity index is 2.46. The van der Waals surface area contributed by atoms with E-state index in [1.807, 2.05) is 20.8 Å². The predicted octanol–water partition coefficient (Wildman–Crippen LogP) is 1.97. The molecule has 0 aliphatic rings. The molecule has 0 spiro atoms. The van der Waals surface area contributed by atoms with Gasteiger partial charge in [0.25, 0.3) is 0 Å². The first kappa shape index (κ1) is 12.7. The van der Waals surface area contributed by atoms with Crippen molar-refractivity contribution in [2.45, 2.75) is 32.9 Å². The van der Waals surface area contributed by atoms with Gasteiger partial charge in [0.15, 0.2) is 0 Å². The van der Waals surface area contributed by atoms with Gasteiger partial charge >= 0.3 is 0 Å². The van der Waals surface area contributed by atoms with Crippen molar-refractivity contribution >= 4 is 0 Å². The minimum Gasteiger partial charge on any atom is -0.326 e. The molecule has 0 saturated carbocycles. The van der Waals surface area contributed by atoms with Crippen LogP contribution < -0.4 is 5.73 Å². The molecule has 2 rings (SSSR count). The molecule has 2 unspecified atom stereocenters. The van der Waals surface area contributed by atoms with E-state index in [0.717, 1.165) is 11.4 Å². The van der Waals surface area contributed by atoms with Crippen LogP contribution in [0, 0.1) is 19.7 Å². The van der Waals surface area contributed by atoms with Gasteiger partial charge in [-0.2, -0.15) is 5.10 Å². The van der Waals surface area contributed by atoms with E-state index in [4.69, 9.17) is 5.73 Å². The van der Waals surface area contributed by atoms with E-state index in [2.05, 4.69) is 10.1 Å². The molecule has 2 atom stereocenters. The van der Waals surface area contributed by atoms with E-state index in [1.54, 1.807) is 16.8 Å². The van der Waals surface area contributed by atoms with Gasteiger partial charge in [0.05, 0.1) is 6.04 Å². The number of aromatic nitrogens is 3. The average molecular weight is 248 g/mol. The standard InChI is InChI=1S/C13H17FN4/c1-8(15)13(11-4-6-12(14)7-5-11)18-10(3)16-9(2)17-18/h4-8,13H,15H2,1-3H3. The average Bonchev–Trinajstić information content (AvgIpc) is 2.61. The molecule has 5 heteroatoms. The second kappa shape index (κ2) is 4.86. The van der Waals surface area contributed by atoms with Crippen molar-refractivity contribution in [3.05, 3.63) is 47.3 Å². The first-order chi connectivity index (χ1) is 8.49. The molecule has 0 fully saturated rings. The minimum atomic E-state index is -0.256. The first-order valence-corrected chi connectivity index (χ1v) is 5.90. The number of hydrogen-bond acceptors (Lipinski definition) is 3. The third-order valence-corrected chi connectivity index (χ3v) is 2.88. The van der Waals surface area contributed by atoms with Crippen LogP contribution in [-0.4, -0.2) is 20.8 Å². The lowest BCUT2D eigenvalue weighted by Crippen LogP contribution is -2.31. The lowest BCUT2D eigenvalue weighted by molar-refractivity contribution is 0.441. The summed E-state index contributed by atoms with van der Waals surface area (Å²) < 4.78 is 14.8. The summed E-state index contributed by atoms with van der Waals surface area (Å²) in [6.45, 7) is 5.63. The van der Waals surface area contributed by atoms with Gasteiger partial charge in [-0.15, -0.1) is 0 Å². The van der Waals surface area contributed by atoms with Crippen molar-refractivity contribution < 1.29 is 4.39 Å². The third-order valence-electron chi connectivity index (χ3n) is 2.88. The Morgan fingerprint density at radius 2 is 1.83 bits per heavy atom. The molecule has 0 saturated heterocycles. The number of halogens is 1.